The molecule has 0 aliphatic carbocycles. The lowest BCUT2D eigenvalue weighted by atomic mass is 10.1. The molecule has 5 aromatic rings. The summed E-state index contributed by atoms with van der Waals surface area (Å²) in [6, 6.07) is 15.2. The minimum absolute atomic E-state index is 0.0607. The van der Waals surface area contributed by atoms with Gasteiger partial charge in [-0.2, -0.15) is 18.2 Å². The predicted molar refractivity (Wildman–Crippen MR) is 129 cm³/mol. The van der Waals surface area contributed by atoms with E-state index in [0.717, 1.165) is 12.1 Å². The highest BCUT2D eigenvalue weighted by molar-refractivity contribution is 5.81. The van der Waals surface area contributed by atoms with Gasteiger partial charge in [0.05, 0.1) is 35.6 Å². The molecule has 5 rings (SSSR count). The van der Waals surface area contributed by atoms with Gasteiger partial charge >= 0.3 is 12.2 Å². The smallest absolute Gasteiger partial charge is 0.416 e. The van der Waals surface area contributed by atoms with Gasteiger partial charge in [-0.25, -0.2) is 9.97 Å². The van der Waals surface area contributed by atoms with Crippen LogP contribution < -0.4 is 10.3 Å². The molecule has 188 valence electrons. The molecule has 4 aromatic heterocycles. The van der Waals surface area contributed by atoms with E-state index < -0.39 is 11.7 Å². The maximum absolute atomic E-state index is 13.0. The number of aliphatic hydroxyl groups is 1. The van der Waals surface area contributed by atoms with Crippen LogP contribution in [0.4, 0.5) is 13.2 Å². The number of pyridine rings is 2. The summed E-state index contributed by atoms with van der Waals surface area (Å²) >= 11 is 0. The third kappa shape index (κ3) is 5.07. The molecule has 0 aliphatic heterocycles. The number of benzene rings is 1. The SMILES string of the molecule is O=c1cc(-c2nc(-c3ccc(C(F)(F)F)cc3)n3ccccc23)ccn1Cc1ccnc(OCCO)n1. The van der Waals surface area contributed by atoms with Crippen molar-refractivity contribution in [2.24, 2.45) is 0 Å². The Morgan fingerprint density at radius 1 is 0.946 bits per heavy atom. The van der Waals surface area contributed by atoms with Gasteiger partial charge in [-0.05, 0) is 36.4 Å². The van der Waals surface area contributed by atoms with Crippen LogP contribution in [0.3, 0.4) is 0 Å². The molecule has 1 N–H and O–H groups in total. The third-order valence-corrected chi connectivity index (χ3v) is 5.63. The lowest BCUT2D eigenvalue weighted by Gasteiger charge is -2.08. The number of hydrogen-bond donors (Lipinski definition) is 1. The van der Waals surface area contributed by atoms with Crippen molar-refractivity contribution in [3.8, 4) is 28.7 Å². The first-order chi connectivity index (χ1) is 17.8. The number of imidazole rings is 1. The molecule has 0 amide bonds. The minimum atomic E-state index is -4.43. The number of fused-ring (bicyclic) bond motifs is 1. The van der Waals surface area contributed by atoms with Crippen LogP contribution in [0.15, 0.2) is 84.0 Å². The van der Waals surface area contributed by atoms with Crippen LogP contribution >= 0.6 is 0 Å². The highest BCUT2D eigenvalue weighted by Crippen LogP contribution is 2.33. The number of nitrogens with zero attached hydrogens (tertiary/aromatic N) is 5. The molecule has 11 heteroatoms. The second kappa shape index (κ2) is 9.86. The van der Waals surface area contributed by atoms with Crippen LogP contribution in [0, 0.1) is 0 Å². The molecule has 0 radical (unpaired) electrons. The number of rotatable bonds is 7. The molecule has 0 unspecified atom stereocenters. The van der Waals surface area contributed by atoms with E-state index in [1.54, 1.807) is 35.0 Å². The summed E-state index contributed by atoms with van der Waals surface area (Å²) in [6.07, 6.45) is 0.474. The van der Waals surface area contributed by atoms with Crippen LogP contribution in [0.25, 0.3) is 28.2 Å². The molecule has 0 bridgehead atoms. The summed E-state index contributed by atoms with van der Waals surface area (Å²) < 4.78 is 47.5. The van der Waals surface area contributed by atoms with Crippen LogP contribution in [0.2, 0.25) is 0 Å². The first-order valence-corrected chi connectivity index (χ1v) is 11.2. The fraction of sp³-hybridized carbons (Fsp3) is 0.154. The van der Waals surface area contributed by atoms with E-state index in [4.69, 9.17) is 14.8 Å². The highest BCUT2D eigenvalue weighted by Gasteiger charge is 2.30. The van der Waals surface area contributed by atoms with E-state index in [0.29, 0.717) is 33.9 Å². The number of halogens is 3. The van der Waals surface area contributed by atoms with E-state index in [1.165, 1.54) is 29.0 Å². The molecular weight excluding hydrogens is 487 g/mol. The predicted octanol–water partition coefficient (Wildman–Crippen LogP) is 4.06. The van der Waals surface area contributed by atoms with E-state index in [-0.39, 0.29) is 31.3 Å². The maximum atomic E-state index is 13.0. The molecule has 0 fully saturated rings. The van der Waals surface area contributed by atoms with Crippen molar-refractivity contribution in [3.05, 3.63) is 101 Å². The molecule has 0 aliphatic rings. The van der Waals surface area contributed by atoms with Crippen molar-refractivity contribution in [2.45, 2.75) is 12.7 Å². The standard InChI is InChI=1S/C26H20F3N5O3/c27-26(28,29)19-6-4-17(5-7-19)24-32-23(21-3-1-2-11-34(21)24)18-9-12-33(22(36)15-18)16-20-8-10-30-25(31-20)37-14-13-35/h1-12,15,35H,13-14,16H2. The molecule has 1 aromatic carbocycles. The number of hydrogen-bond acceptors (Lipinski definition) is 6. The van der Waals surface area contributed by atoms with Gasteiger partial charge in [-0.15, -0.1) is 0 Å². The van der Waals surface area contributed by atoms with Crippen molar-refractivity contribution < 1.29 is 23.0 Å². The number of aromatic nitrogens is 5. The van der Waals surface area contributed by atoms with Crippen LogP contribution in [-0.4, -0.2) is 42.2 Å². The van der Waals surface area contributed by atoms with Crippen LogP contribution in [0.1, 0.15) is 11.3 Å². The summed E-state index contributed by atoms with van der Waals surface area (Å²) in [5.74, 6) is 0.458. The van der Waals surface area contributed by atoms with Gasteiger partial charge in [0.1, 0.15) is 12.4 Å². The molecule has 4 heterocycles. The van der Waals surface area contributed by atoms with Gasteiger partial charge in [-0.1, -0.05) is 18.2 Å². The van der Waals surface area contributed by atoms with Crippen molar-refractivity contribution in [1.82, 2.24) is 23.9 Å². The Bertz CT molecular complexity index is 1610. The van der Waals surface area contributed by atoms with Crippen molar-refractivity contribution >= 4 is 5.52 Å². The molecule has 37 heavy (non-hydrogen) atoms. The van der Waals surface area contributed by atoms with Gasteiger partial charge in [-0.3, -0.25) is 9.20 Å². The Labute approximate surface area is 208 Å². The lowest BCUT2D eigenvalue weighted by Crippen LogP contribution is -2.20. The summed E-state index contributed by atoms with van der Waals surface area (Å²) in [6.45, 7) is 0.0703. The van der Waals surface area contributed by atoms with Gasteiger partial charge < -0.3 is 14.4 Å². The summed E-state index contributed by atoms with van der Waals surface area (Å²) in [5.41, 5.74) is 1.83. The molecule has 0 saturated heterocycles. The quantitative estimate of drug-likeness (QED) is 0.357. The topological polar surface area (TPSA) is 94.5 Å². The van der Waals surface area contributed by atoms with Gasteiger partial charge in [0.25, 0.3) is 5.56 Å². The zero-order chi connectivity index (χ0) is 26.0. The zero-order valence-corrected chi connectivity index (χ0v) is 19.3. The van der Waals surface area contributed by atoms with E-state index in [1.807, 2.05) is 12.1 Å². The normalized spacial score (nSPS) is 11.7. The van der Waals surface area contributed by atoms with Crippen LogP contribution in [-0.2, 0) is 12.7 Å². The second-order valence-electron chi connectivity index (χ2n) is 8.10. The van der Waals surface area contributed by atoms with Crippen molar-refractivity contribution in [1.29, 1.82) is 0 Å². The fourth-order valence-electron chi connectivity index (χ4n) is 3.89. The van der Waals surface area contributed by atoms with Crippen LogP contribution in [0.5, 0.6) is 6.01 Å². The zero-order valence-electron chi connectivity index (χ0n) is 19.3. The lowest BCUT2D eigenvalue weighted by molar-refractivity contribution is -0.137. The first-order valence-electron chi connectivity index (χ1n) is 11.2. The van der Waals surface area contributed by atoms with Gasteiger partial charge in [0.15, 0.2) is 0 Å². The summed E-state index contributed by atoms with van der Waals surface area (Å²) in [4.78, 5) is 25.8. The fourth-order valence-corrected chi connectivity index (χ4v) is 3.89. The third-order valence-electron chi connectivity index (χ3n) is 5.63. The molecule has 0 saturated carbocycles. The first kappa shape index (κ1) is 24.2. The second-order valence-corrected chi connectivity index (χ2v) is 8.10. The average Bonchev–Trinajstić information content (AvgIpc) is 3.28. The number of ether oxygens (including phenoxy) is 1. The summed E-state index contributed by atoms with van der Waals surface area (Å²) in [5, 5.41) is 8.89. The highest BCUT2D eigenvalue weighted by atomic mass is 19.4. The molecule has 0 atom stereocenters. The Kier molecular flexibility index (Phi) is 6.45. The Morgan fingerprint density at radius 2 is 1.76 bits per heavy atom. The van der Waals surface area contributed by atoms with Gasteiger partial charge in [0, 0.05) is 35.8 Å². The van der Waals surface area contributed by atoms with Gasteiger partial charge in [0.2, 0.25) is 0 Å². The maximum Gasteiger partial charge on any atom is 0.416 e. The Hall–Kier alpha value is -4.51. The van der Waals surface area contributed by atoms with E-state index in [9.17, 15) is 18.0 Å². The van der Waals surface area contributed by atoms with E-state index in [2.05, 4.69) is 9.97 Å². The minimum Gasteiger partial charge on any atom is -0.461 e. The molecular formula is C26H20F3N5O3. The summed E-state index contributed by atoms with van der Waals surface area (Å²) in [7, 11) is 0. The Balaban J connectivity index is 1.48. The monoisotopic (exact) mass is 507 g/mol. The number of aliphatic hydroxyl groups excluding tert-OH is 1. The van der Waals surface area contributed by atoms with Crippen molar-refractivity contribution in [2.75, 3.05) is 13.2 Å². The Morgan fingerprint density at radius 3 is 2.49 bits per heavy atom. The largest absolute Gasteiger partial charge is 0.461 e. The number of alkyl halides is 3. The van der Waals surface area contributed by atoms with E-state index >= 15 is 0 Å². The molecule has 0 spiro atoms. The molecule has 8 nitrogen and oxygen atoms in total. The van der Waals surface area contributed by atoms with Crippen molar-refractivity contribution in [3.63, 3.8) is 0 Å². The average molecular weight is 507 g/mol.